The first kappa shape index (κ1) is 22.2. The average Bonchev–Trinajstić information content (AvgIpc) is 2.71. The van der Waals surface area contributed by atoms with Crippen molar-refractivity contribution in [3.05, 3.63) is 52.6 Å². The molecule has 3 rings (SSSR count). The minimum atomic E-state index is -1.13. The number of nitrogens with zero attached hydrogens (tertiary/aromatic N) is 3. The fraction of sp³-hybridized carbons (Fsp3) is 0.522. The Morgan fingerprint density at radius 1 is 1.27 bits per heavy atom. The highest BCUT2D eigenvalue weighted by Crippen LogP contribution is 2.40. The van der Waals surface area contributed by atoms with E-state index in [1.54, 1.807) is 17.0 Å². The molecule has 7 heteroatoms. The molecule has 1 saturated heterocycles. The summed E-state index contributed by atoms with van der Waals surface area (Å²) in [6.07, 6.45) is 1.86. The first-order valence-corrected chi connectivity index (χ1v) is 10.3. The van der Waals surface area contributed by atoms with E-state index in [1.165, 1.54) is 17.0 Å². The van der Waals surface area contributed by atoms with E-state index in [0.717, 1.165) is 11.1 Å². The maximum atomic E-state index is 12.8. The number of hydrogen-bond acceptors (Lipinski definition) is 5. The molecule has 2 N–H and O–H groups in total. The van der Waals surface area contributed by atoms with Crippen LogP contribution >= 0.6 is 0 Å². The first-order chi connectivity index (χ1) is 14.1. The van der Waals surface area contributed by atoms with E-state index in [0.29, 0.717) is 25.2 Å². The second-order valence-electron chi connectivity index (χ2n) is 9.18. The molecule has 1 atom stereocenters. The molecule has 0 bridgehead atoms. The normalized spacial score (nSPS) is 21.1. The Hall–Kier alpha value is -2.51. The summed E-state index contributed by atoms with van der Waals surface area (Å²) in [5, 5.41) is 20.7. The molecule has 30 heavy (non-hydrogen) atoms. The molecule has 1 aromatic heterocycles. The minimum absolute atomic E-state index is 0.0800. The quantitative estimate of drug-likeness (QED) is 0.782. The van der Waals surface area contributed by atoms with Crippen LogP contribution in [0.15, 0.2) is 41.5 Å². The lowest BCUT2D eigenvalue weighted by molar-refractivity contribution is -0.156. The van der Waals surface area contributed by atoms with Gasteiger partial charge in [0, 0.05) is 36.1 Å². The van der Waals surface area contributed by atoms with Crippen LogP contribution in [-0.2, 0) is 17.9 Å². The zero-order chi connectivity index (χ0) is 22.1. The van der Waals surface area contributed by atoms with Crippen LogP contribution < -0.4 is 5.56 Å². The molecule has 1 amide bonds. The second kappa shape index (κ2) is 8.32. The third-order valence-corrected chi connectivity index (χ3v) is 6.16. The van der Waals surface area contributed by atoms with Gasteiger partial charge in [-0.1, -0.05) is 45.9 Å². The van der Waals surface area contributed by atoms with Gasteiger partial charge in [-0.3, -0.25) is 14.2 Å². The summed E-state index contributed by atoms with van der Waals surface area (Å²) in [6.45, 7) is 8.55. The van der Waals surface area contributed by atoms with Crippen LogP contribution in [-0.4, -0.2) is 49.3 Å². The molecule has 2 heterocycles. The van der Waals surface area contributed by atoms with Crippen molar-refractivity contribution < 1.29 is 15.0 Å². The number of aliphatic hydroxyl groups is 2. The van der Waals surface area contributed by atoms with E-state index in [2.05, 4.69) is 4.98 Å². The van der Waals surface area contributed by atoms with Gasteiger partial charge in [0.1, 0.15) is 0 Å². The molecular formula is C23H31N3O4. The largest absolute Gasteiger partial charge is 0.392 e. The van der Waals surface area contributed by atoms with Gasteiger partial charge in [-0.25, -0.2) is 4.98 Å². The Labute approximate surface area is 177 Å². The van der Waals surface area contributed by atoms with Gasteiger partial charge in [0.2, 0.25) is 5.91 Å². The summed E-state index contributed by atoms with van der Waals surface area (Å²) >= 11 is 0. The van der Waals surface area contributed by atoms with Gasteiger partial charge in [0.25, 0.3) is 5.56 Å². The van der Waals surface area contributed by atoms with Gasteiger partial charge < -0.3 is 15.1 Å². The number of aromatic nitrogens is 2. The third kappa shape index (κ3) is 4.32. The summed E-state index contributed by atoms with van der Waals surface area (Å²) in [4.78, 5) is 31.3. The summed E-state index contributed by atoms with van der Waals surface area (Å²) in [5.74, 6) is -0.00545. The highest BCUT2D eigenvalue weighted by molar-refractivity contribution is 5.78. The van der Waals surface area contributed by atoms with Gasteiger partial charge in [0.15, 0.2) is 0 Å². The molecule has 162 valence electrons. The monoisotopic (exact) mass is 413 g/mol. The minimum Gasteiger partial charge on any atom is -0.392 e. The van der Waals surface area contributed by atoms with E-state index >= 15 is 0 Å². The van der Waals surface area contributed by atoms with Gasteiger partial charge in [-0.05, 0) is 18.1 Å². The summed E-state index contributed by atoms with van der Waals surface area (Å²) in [5.41, 5.74) is 0.0607. The highest BCUT2D eigenvalue weighted by atomic mass is 16.3. The predicted molar refractivity (Wildman–Crippen MR) is 115 cm³/mol. The van der Waals surface area contributed by atoms with E-state index < -0.39 is 11.0 Å². The molecule has 0 aliphatic carbocycles. The van der Waals surface area contributed by atoms with Crippen LogP contribution in [0.3, 0.4) is 0 Å². The first-order valence-electron chi connectivity index (χ1n) is 10.3. The molecule has 1 unspecified atom stereocenters. The number of likely N-dealkylation sites (tertiary alicyclic amines) is 1. The SMILES string of the molecule is CC(C)C(=O)N1CCC(O)(Cn2cnc(-c3cccc(CO)c3)cc2=O)C(C)(C)C1. The number of aliphatic hydroxyl groups excluding tert-OH is 1. The van der Waals surface area contributed by atoms with E-state index in [4.69, 9.17) is 0 Å². The zero-order valence-electron chi connectivity index (χ0n) is 18.1. The van der Waals surface area contributed by atoms with Crippen molar-refractivity contribution in [2.24, 2.45) is 11.3 Å². The molecule has 1 fully saturated rings. The number of amides is 1. The van der Waals surface area contributed by atoms with Crippen LogP contribution in [0.5, 0.6) is 0 Å². The third-order valence-electron chi connectivity index (χ3n) is 6.16. The van der Waals surface area contributed by atoms with Crippen molar-refractivity contribution in [1.29, 1.82) is 0 Å². The fourth-order valence-electron chi connectivity index (χ4n) is 4.02. The fourth-order valence-corrected chi connectivity index (χ4v) is 4.02. The molecule has 1 aromatic carbocycles. The van der Waals surface area contributed by atoms with Crippen molar-refractivity contribution in [2.75, 3.05) is 13.1 Å². The molecule has 0 radical (unpaired) electrons. The Morgan fingerprint density at radius 3 is 2.60 bits per heavy atom. The summed E-state index contributed by atoms with van der Waals surface area (Å²) < 4.78 is 1.43. The van der Waals surface area contributed by atoms with Gasteiger partial charge in [0.05, 0.1) is 30.8 Å². The van der Waals surface area contributed by atoms with Gasteiger partial charge in [-0.15, -0.1) is 0 Å². The smallest absolute Gasteiger partial charge is 0.253 e. The van der Waals surface area contributed by atoms with Crippen LogP contribution in [0.4, 0.5) is 0 Å². The van der Waals surface area contributed by atoms with E-state index in [1.807, 2.05) is 39.8 Å². The Kier molecular flexibility index (Phi) is 6.15. The number of piperidine rings is 1. The van der Waals surface area contributed by atoms with Crippen molar-refractivity contribution in [1.82, 2.24) is 14.5 Å². The number of benzene rings is 1. The topological polar surface area (TPSA) is 95.7 Å². The highest BCUT2D eigenvalue weighted by Gasteiger charge is 2.49. The maximum absolute atomic E-state index is 12.8. The van der Waals surface area contributed by atoms with Crippen LogP contribution in [0.2, 0.25) is 0 Å². The molecule has 0 spiro atoms. The van der Waals surface area contributed by atoms with E-state index in [9.17, 15) is 19.8 Å². The lowest BCUT2D eigenvalue weighted by Crippen LogP contribution is -2.61. The average molecular weight is 414 g/mol. The number of carbonyl (C=O) groups excluding carboxylic acids is 1. The molecule has 7 nitrogen and oxygen atoms in total. The van der Waals surface area contributed by atoms with Crippen LogP contribution in [0.25, 0.3) is 11.3 Å². The van der Waals surface area contributed by atoms with Crippen molar-refractivity contribution >= 4 is 5.91 Å². The van der Waals surface area contributed by atoms with Crippen LogP contribution in [0.1, 0.15) is 39.7 Å². The number of carbonyl (C=O) groups is 1. The Morgan fingerprint density at radius 2 is 2.00 bits per heavy atom. The lowest BCUT2D eigenvalue weighted by Gasteiger charge is -2.50. The van der Waals surface area contributed by atoms with Crippen molar-refractivity contribution in [3.63, 3.8) is 0 Å². The Balaban J connectivity index is 1.82. The Bertz CT molecular complexity index is 982. The number of rotatable bonds is 5. The second-order valence-corrected chi connectivity index (χ2v) is 9.18. The van der Waals surface area contributed by atoms with Gasteiger partial charge >= 0.3 is 0 Å². The lowest BCUT2D eigenvalue weighted by atomic mass is 9.69. The van der Waals surface area contributed by atoms with E-state index in [-0.39, 0.29) is 30.5 Å². The molecule has 0 saturated carbocycles. The summed E-state index contributed by atoms with van der Waals surface area (Å²) in [6, 6.07) is 8.70. The van der Waals surface area contributed by atoms with Gasteiger partial charge in [-0.2, -0.15) is 0 Å². The molecule has 1 aliphatic heterocycles. The standard InChI is InChI=1S/C23H31N3O4/c1-16(2)21(29)25-9-8-23(30,22(3,4)13-25)14-26-15-24-19(11-20(26)28)18-7-5-6-17(10-18)12-27/h5-7,10-11,15-16,27,30H,8-9,12-14H2,1-4H3. The molecule has 1 aliphatic rings. The maximum Gasteiger partial charge on any atom is 0.253 e. The van der Waals surface area contributed by atoms with Crippen molar-refractivity contribution in [2.45, 2.75) is 52.9 Å². The molecule has 2 aromatic rings. The zero-order valence-corrected chi connectivity index (χ0v) is 18.1. The van der Waals surface area contributed by atoms with Crippen molar-refractivity contribution in [3.8, 4) is 11.3 Å². The summed E-state index contributed by atoms with van der Waals surface area (Å²) in [7, 11) is 0. The molecular weight excluding hydrogens is 382 g/mol. The predicted octanol–water partition coefficient (Wildman–Crippen LogP) is 2.05. The van der Waals surface area contributed by atoms with Crippen LogP contribution in [0, 0.1) is 11.3 Å². The number of hydrogen-bond donors (Lipinski definition) is 2.